The van der Waals surface area contributed by atoms with Gasteiger partial charge in [0, 0.05) is 26.8 Å². The van der Waals surface area contributed by atoms with Crippen molar-refractivity contribution in [1.29, 1.82) is 0 Å². The lowest BCUT2D eigenvalue weighted by molar-refractivity contribution is -0.106. The smallest absolute Gasteiger partial charge is 0.361 e. The Balaban J connectivity index is 1.62. The van der Waals surface area contributed by atoms with E-state index in [1.165, 1.54) is 0 Å². The van der Waals surface area contributed by atoms with E-state index in [9.17, 15) is 21.6 Å². The number of fused-ring (bicyclic) bond motifs is 3. The average molecular weight is 532 g/mol. The fraction of sp³-hybridized carbons (Fsp3) is 0.682. The van der Waals surface area contributed by atoms with Crippen LogP contribution in [0.15, 0.2) is 18.5 Å². The summed E-state index contributed by atoms with van der Waals surface area (Å²) in [6, 6.07) is 2.94. The van der Waals surface area contributed by atoms with Crippen molar-refractivity contribution < 1.29 is 26.3 Å². The molecular formula is C22H32F3N5O3SSi. The summed E-state index contributed by atoms with van der Waals surface area (Å²) in [5, 5.41) is 7.53. The van der Waals surface area contributed by atoms with Crippen molar-refractivity contribution in [3.8, 4) is 0 Å². The van der Waals surface area contributed by atoms with Gasteiger partial charge in [-0.2, -0.15) is 13.2 Å². The monoisotopic (exact) mass is 531 g/mol. The first kappa shape index (κ1) is 26.1. The Kier molecular flexibility index (Phi) is 7.06. The predicted octanol–water partition coefficient (Wildman–Crippen LogP) is 4.64. The van der Waals surface area contributed by atoms with Crippen molar-refractivity contribution in [2.24, 2.45) is 5.92 Å². The zero-order valence-corrected chi connectivity index (χ0v) is 22.2. The number of hydrogen-bond acceptors (Lipinski definition) is 6. The lowest BCUT2D eigenvalue weighted by Gasteiger charge is -2.16. The highest BCUT2D eigenvalue weighted by Gasteiger charge is 2.46. The van der Waals surface area contributed by atoms with Crippen LogP contribution in [0.1, 0.15) is 37.9 Å². The van der Waals surface area contributed by atoms with Crippen LogP contribution in [0.25, 0.3) is 16.8 Å². The third-order valence-electron chi connectivity index (χ3n) is 6.78. The van der Waals surface area contributed by atoms with Crippen LogP contribution in [0.5, 0.6) is 0 Å². The molecule has 1 aliphatic carbocycles. The number of ether oxygens (including phenoxy) is 1. The van der Waals surface area contributed by atoms with Gasteiger partial charge in [0.05, 0.1) is 17.0 Å². The highest BCUT2D eigenvalue weighted by Crippen LogP contribution is 2.44. The largest absolute Gasteiger partial charge is 0.402 e. The van der Waals surface area contributed by atoms with Crippen LogP contribution in [0.2, 0.25) is 25.7 Å². The van der Waals surface area contributed by atoms with Crippen molar-refractivity contribution in [2.75, 3.05) is 12.4 Å². The maximum absolute atomic E-state index is 12.9. The molecular weight excluding hydrogens is 499 g/mol. The fourth-order valence-corrected chi connectivity index (χ4v) is 7.38. The Morgan fingerprint density at radius 3 is 2.60 bits per heavy atom. The van der Waals surface area contributed by atoms with Gasteiger partial charge in [0.2, 0.25) is 0 Å². The molecule has 0 aliphatic heterocycles. The number of nitrogens with zero attached hydrogens (tertiary/aromatic N) is 5. The van der Waals surface area contributed by atoms with E-state index in [0.717, 1.165) is 11.6 Å². The quantitative estimate of drug-likeness (QED) is 0.295. The zero-order chi connectivity index (χ0) is 25.6. The number of sulfone groups is 1. The number of hydrogen-bond donors (Lipinski definition) is 0. The van der Waals surface area contributed by atoms with Crippen LogP contribution in [0.3, 0.4) is 0 Å². The number of rotatable bonds is 9. The first-order chi connectivity index (χ1) is 16.3. The summed E-state index contributed by atoms with van der Waals surface area (Å²) in [4.78, 5) is 4.52. The molecule has 0 saturated heterocycles. The average Bonchev–Trinajstić information content (AvgIpc) is 3.44. The Hall–Kier alpha value is -1.99. The Labute approximate surface area is 203 Å². The molecule has 0 radical (unpaired) electrons. The van der Waals surface area contributed by atoms with Crippen LogP contribution in [0, 0.1) is 5.92 Å². The molecule has 35 heavy (non-hydrogen) atoms. The molecule has 1 fully saturated rings. The molecule has 3 aromatic heterocycles. The van der Waals surface area contributed by atoms with E-state index in [-0.39, 0.29) is 24.7 Å². The van der Waals surface area contributed by atoms with Gasteiger partial charge in [-0.15, -0.1) is 10.2 Å². The normalized spacial score (nSPS) is 22.0. The maximum Gasteiger partial charge on any atom is 0.402 e. The lowest BCUT2D eigenvalue weighted by Crippen LogP contribution is -2.30. The topological polar surface area (TPSA) is 91.4 Å². The van der Waals surface area contributed by atoms with E-state index >= 15 is 0 Å². The molecule has 0 N–H and O–H groups in total. The molecule has 8 nitrogen and oxygen atoms in total. The Morgan fingerprint density at radius 2 is 1.94 bits per heavy atom. The second kappa shape index (κ2) is 9.47. The second-order valence-corrected chi connectivity index (χ2v) is 18.5. The van der Waals surface area contributed by atoms with E-state index in [1.807, 2.05) is 28.2 Å². The second-order valence-electron chi connectivity index (χ2n) is 10.6. The van der Waals surface area contributed by atoms with Gasteiger partial charge in [-0.05, 0) is 30.9 Å². The summed E-state index contributed by atoms with van der Waals surface area (Å²) in [6.45, 7) is 9.81. The van der Waals surface area contributed by atoms with E-state index < -0.39 is 35.1 Å². The third-order valence-corrected chi connectivity index (χ3v) is 10.6. The highest BCUT2D eigenvalue weighted by atomic mass is 32.2. The first-order valence-corrected chi connectivity index (χ1v) is 17.3. The summed E-state index contributed by atoms with van der Waals surface area (Å²) in [6.07, 6.45) is -0.351. The van der Waals surface area contributed by atoms with Crippen LogP contribution >= 0.6 is 0 Å². The van der Waals surface area contributed by atoms with Crippen LogP contribution in [-0.4, -0.2) is 64.4 Å². The fourth-order valence-electron chi connectivity index (χ4n) is 4.89. The number of halogens is 3. The van der Waals surface area contributed by atoms with Crippen molar-refractivity contribution >= 4 is 34.7 Å². The predicted molar refractivity (Wildman–Crippen MR) is 130 cm³/mol. The maximum atomic E-state index is 12.9. The molecule has 13 heteroatoms. The summed E-state index contributed by atoms with van der Waals surface area (Å²) in [5.41, 5.74) is 1.95. The van der Waals surface area contributed by atoms with Crippen LogP contribution in [-0.2, 0) is 21.3 Å². The van der Waals surface area contributed by atoms with Gasteiger partial charge in [0.15, 0.2) is 21.1 Å². The molecule has 194 valence electrons. The van der Waals surface area contributed by atoms with Gasteiger partial charge in [-0.25, -0.2) is 13.4 Å². The van der Waals surface area contributed by atoms with Gasteiger partial charge in [-0.1, -0.05) is 33.0 Å². The molecule has 0 spiro atoms. The van der Waals surface area contributed by atoms with Crippen molar-refractivity contribution in [3.63, 3.8) is 0 Å². The van der Waals surface area contributed by atoms with E-state index in [0.29, 0.717) is 36.9 Å². The van der Waals surface area contributed by atoms with Gasteiger partial charge >= 0.3 is 6.18 Å². The minimum Gasteiger partial charge on any atom is -0.361 e. The molecule has 3 atom stereocenters. The molecule has 1 aliphatic rings. The number of aromatic nitrogens is 5. The first-order valence-electron chi connectivity index (χ1n) is 11.8. The SMILES string of the molecule is CC[C@@H]1C[C@@H](S(=O)(=O)CC(F)(F)F)C[C@@H]1c1nnc2cnc3c(ccn3COCC[Si](C)(C)C)n12. The molecule has 0 aromatic carbocycles. The molecule has 4 rings (SSSR count). The van der Waals surface area contributed by atoms with E-state index in [2.05, 4.69) is 34.8 Å². The minimum atomic E-state index is -4.75. The Morgan fingerprint density at radius 1 is 1.20 bits per heavy atom. The van der Waals surface area contributed by atoms with E-state index in [4.69, 9.17) is 4.74 Å². The molecule has 0 unspecified atom stereocenters. The summed E-state index contributed by atoms with van der Waals surface area (Å²) in [7, 11) is -5.51. The standard InChI is InChI=1S/C22H32F3N5O3SSi/c1-5-15-10-16(34(31,32)13-22(23,24)25)11-17(15)20-28-27-19-12-26-21-18(30(19)20)6-7-29(21)14-33-8-9-35(2,3)4/h6-7,12,15-17H,5,8-11,13-14H2,1-4H3/t15-,16-,17+/m1/s1. The van der Waals surface area contributed by atoms with Crippen molar-refractivity contribution in [1.82, 2.24) is 24.1 Å². The number of alkyl halides is 3. The third kappa shape index (κ3) is 5.72. The van der Waals surface area contributed by atoms with Gasteiger partial charge in [0.1, 0.15) is 18.3 Å². The highest BCUT2D eigenvalue weighted by molar-refractivity contribution is 7.92. The van der Waals surface area contributed by atoms with Crippen LogP contribution in [0.4, 0.5) is 13.2 Å². The summed E-state index contributed by atoms with van der Waals surface area (Å²) >= 11 is 0. The Bertz CT molecular complexity index is 1300. The van der Waals surface area contributed by atoms with Crippen molar-refractivity contribution in [3.05, 3.63) is 24.3 Å². The summed E-state index contributed by atoms with van der Waals surface area (Å²) < 4.78 is 73.3. The van der Waals surface area contributed by atoms with Gasteiger partial charge < -0.3 is 9.30 Å². The van der Waals surface area contributed by atoms with E-state index in [1.54, 1.807) is 6.20 Å². The molecule has 0 bridgehead atoms. The summed E-state index contributed by atoms with van der Waals surface area (Å²) in [5.74, 6) is -1.64. The molecule has 0 amide bonds. The van der Waals surface area contributed by atoms with Gasteiger partial charge in [-0.3, -0.25) is 4.40 Å². The molecule has 3 aromatic rings. The van der Waals surface area contributed by atoms with Gasteiger partial charge in [0.25, 0.3) is 0 Å². The molecule has 1 saturated carbocycles. The van der Waals surface area contributed by atoms with Crippen molar-refractivity contribution in [2.45, 2.75) is 75.9 Å². The molecule has 3 heterocycles. The minimum absolute atomic E-state index is 0.0992. The lowest BCUT2D eigenvalue weighted by atomic mass is 9.93. The zero-order valence-electron chi connectivity index (χ0n) is 20.4. The van der Waals surface area contributed by atoms with Crippen LogP contribution < -0.4 is 0 Å².